The Kier molecular flexibility index (Phi) is 10.1. The molecule has 5 aromatic rings. The molecule has 230 valence electrons. The summed E-state index contributed by atoms with van der Waals surface area (Å²) < 4.78 is 45.5. The lowest BCUT2D eigenvalue weighted by Gasteiger charge is -2.08. The molecule has 0 unspecified atom stereocenters. The maximum absolute atomic E-state index is 12.9. The zero-order valence-electron chi connectivity index (χ0n) is 24.1. The van der Waals surface area contributed by atoms with Crippen LogP contribution in [0, 0.1) is 0 Å². The number of esters is 1. The van der Waals surface area contributed by atoms with Gasteiger partial charge in [0.15, 0.2) is 0 Å². The minimum atomic E-state index is -4.37. The van der Waals surface area contributed by atoms with E-state index in [1.807, 2.05) is 77.5 Å². The summed E-state index contributed by atoms with van der Waals surface area (Å²) in [6.45, 7) is 1.21. The Morgan fingerprint density at radius 2 is 1.53 bits per heavy atom. The van der Waals surface area contributed by atoms with Gasteiger partial charge >= 0.3 is 12.1 Å². The summed E-state index contributed by atoms with van der Waals surface area (Å²) in [4.78, 5) is 16.2. The number of hydrogen-bond acceptors (Lipinski definition) is 4. The van der Waals surface area contributed by atoms with E-state index in [0.717, 1.165) is 39.9 Å². The van der Waals surface area contributed by atoms with Gasteiger partial charge in [-0.25, -0.2) is 4.98 Å². The second-order valence-corrected chi connectivity index (χ2v) is 11.1. The van der Waals surface area contributed by atoms with Gasteiger partial charge < -0.3 is 14.6 Å². The fourth-order valence-electron chi connectivity index (χ4n) is 4.67. The molecule has 1 N–H and O–H groups in total. The van der Waals surface area contributed by atoms with Crippen LogP contribution in [0.3, 0.4) is 0 Å². The molecule has 0 saturated carbocycles. The molecule has 0 aliphatic heterocycles. The summed E-state index contributed by atoms with van der Waals surface area (Å²) in [5.74, 6) is 0.380. The number of ether oxygens (including phenoxy) is 1. The molecule has 0 aliphatic carbocycles. The first-order valence-corrected chi connectivity index (χ1v) is 14.7. The van der Waals surface area contributed by atoms with Crippen molar-refractivity contribution in [2.24, 2.45) is 0 Å². The van der Waals surface area contributed by atoms with Crippen molar-refractivity contribution in [3.8, 4) is 22.4 Å². The number of nitrogens with zero attached hydrogens (tertiary/aromatic N) is 2. The minimum absolute atomic E-state index is 0.136. The van der Waals surface area contributed by atoms with Gasteiger partial charge in [-0.05, 0) is 64.2 Å². The first kappa shape index (κ1) is 32.0. The number of benzene rings is 4. The molecule has 1 heterocycles. The van der Waals surface area contributed by atoms with Crippen LogP contribution in [-0.4, -0.2) is 29.2 Å². The van der Waals surface area contributed by atoms with E-state index >= 15 is 0 Å². The van der Waals surface area contributed by atoms with Crippen LogP contribution < -0.4 is 5.32 Å². The lowest BCUT2D eigenvalue weighted by atomic mass is 10.0. The number of carbonyl (C=O) groups is 1. The number of hydrogen-bond donors (Lipinski definition) is 1. The second-order valence-electron chi connectivity index (χ2n) is 10.3. The second kappa shape index (κ2) is 14.2. The molecule has 45 heavy (non-hydrogen) atoms. The van der Waals surface area contributed by atoms with Gasteiger partial charge in [0.1, 0.15) is 5.82 Å². The fourth-order valence-corrected chi connectivity index (χ4v) is 5.17. The van der Waals surface area contributed by atoms with E-state index < -0.39 is 11.7 Å². The average molecular weight is 651 g/mol. The maximum Gasteiger partial charge on any atom is 0.416 e. The molecule has 0 saturated heterocycles. The maximum atomic E-state index is 12.9. The van der Waals surface area contributed by atoms with Crippen molar-refractivity contribution in [1.82, 2.24) is 14.9 Å². The van der Waals surface area contributed by atoms with Gasteiger partial charge in [-0.2, -0.15) is 13.2 Å². The summed E-state index contributed by atoms with van der Waals surface area (Å²) in [6, 6.07) is 26.0. The summed E-state index contributed by atoms with van der Waals surface area (Å²) in [5.41, 5.74) is 5.25. The number of alkyl halides is 3. The van der Waals surface area contributed by atoms with Crippen LogP contribution in [-0.2, 0) is 28.8 Å². The van der Waals surface area contributed by atoms with Crippen LogP contribution in [0.4, 0.5) is 13.2 Å². The van der Waals surface area contributed by atoms with E-state index in [0.29, 0.717) is 40.2 Å². The zero-order valence-corrected chi connectivity index (χ0v) is 25.6. The standard InChI is InChI=1S/C35H28Cl2F3N3O2/c1-45-34(44)20-41-19-24-2-4-25(5-3-24)21-43-22-32(30-16-15-29(36)18-31(30)37)42-33(43)17-8-23-6-9-26(10-7-23)27-11-13-28(14-12-27)35(38,39)40/h2-18,22,41H,19-21H2,1H3/b17-8+. The molecule has 10 heteroatoms. The highest BCUT2D eigenvalue weighted by Crippen LogP contribution is 2.32. The smallest absolute Gasteiger partial charge is 0.416 e. The Hall–Kier alpha value is -4.37. The largest absolute Gasteiger partial charge is 0.468 e. The lowest BCUT2D eigenvalue weighted by molar-refractivity contribution is -0.139. The van der Waals surface area contributed by atoms with Crippen LogP contribution in [0.2, 0.25) is 10.0 Å². The molecular formula is C35H28Cl2F3N3O2. The molecule has 0 aliphatic rings. The highest BCUT2D eigenvalue weighted by Gasteiger charge is 2.30. The topological polar surface area (TPSA) is 56.1 Å². The molecule has 1 aromatic heterocycles. The van der Waals surface area contributed by atoms with Gasteiger partial charge in [0.05, 0.1) is 29.9 Å². The Morgan fingerprint density at radius 3 is 2.16 bits per heavy atom. The molecule has 4 aromatic carbocycles. The summed E-state index contributed by atoms with van der Waals surface area (Å²) >= 11 is 12.6. The minimum Gasteiger partial charge on any atom is -0.468 e. The average Bonchev–Trinajstić information content (AvgIpc) is 3.42. The van der Waals surface area contributed by atoms with Crippen molar-refractivity contribution in [2.45, 2.75) is 19.3 Å². The summed E-state index contributed by atoms with van der Waals surface area (Å²) in [6.07, 6.45) is 1.41. The van der Waals surface area contributed by atoms with Gasteiger partial charge in [0, 0.05) is 29.9 Å². The Balaban J connectivity index is 1.36. The van der Waals surface area contributed by atoms with Crippen molar-refractivity contribution in [2.75, 3.05) is 13.7 Å². The number of aromatic nitrogens is 2. The number of rotatable bonds is 10. The van der Waals surface area contributed by atoms with Crippen LogP contribution in [0.15, 0.2) is 97.2 Å². The molecule has 0 radical (unpaired) electrons. The van der Waals surface area contributed by atoms with Gasteiger partial charge in [-0.15, -0.1) is 0 Å². The highest BCUT2D eigenvalue weighted by atomic mass is 35.5. The van der Waals surface area contributed by atoms with Crippen molar-refractivity contribution in [3.63, 3.8) is 0 Å². The van der Waals surface area contributed by atoms with E-state index in [-0.39, 0.29) is 12.5 Å². The van der Waals surface area contributed by atoms with Gasteiger partial charge in [-0.1, -0.05) is 89.9 Å². The van der Waals surface area contributed by atoms with Gasteiger partial charge in [0.25, 0.3) is 0 Å². The Bertz CT molecular complexity index is 1800. The molecule has 0 atom stereocenters. The normalized spacial score (nSPS) is 11.7. The van der Waals surface area contributed by atoms with Crippen LogP contribution in [0.25, 0.3) is 34.5 Å². The third-order valence-electron chi connectivity index (χ3n) is 7.10. The van der Waals surface area contributed by atoms with E-state index in [2.05, 4.69) is 10.1 Å². The first-order chi connectivity index (χ1) is 21.6. The Morgan fingerprint density at radius 1 is 0.889 bits per heavy atom. The number of nitrogens with one attached hydrogen (secondary N) is 1. The van der Waals surface area contributed by atoms with E-state index in [9.17, 15) is 18.0 Å². The summed E-state index contributed by atoms with van der Waals surface area (Å²) in [7, 11) is 1.35. The van der Waals surface area contributed by atoms with Crippen molar-refractivity contribution in [3.05, 3.63) is 135 Å². The van der Waals surface area contributed by atoms with Gasteiger partial charge in [0.2, 0.25) is 0 Å². The van der Waals surface area contributed by atoms with Gasteiger partial charge in [-0.3, -0.25) is 4.79 Å². The summed E-state index contributed by atoms with van der Waals surface area (Å²) in [5, 5.41) is 4.07. The first-order valence-electron chi connectivity index (χ1n) is 13.9. The van der Waals surface area contributed by atoms with Crippen LogP contribution in [0.1, 0.15) is 28.1 Å². The van der Waals surface area contributed by atoms with Crippen molar-refractivity contribution >= 4 is 41.3 Å². The molecule has 0 fully saturated rings. The predicted octanol–water partition coefficient (Wildman–Crippen LogP) is 9.02. The zero-order chi connectivity index (χ0) is 32.0. The third kappa shape index (κ3) is 8.42. The lowest BCUT2D eigenvalue weighted by Crippen LogP contribution is -2.23. The highest BCUT2D eigenvalue weighted by molar-refractivity contribution is 6.36. The van der Waals surface area contributed by atoms with E-state index in [1.54, 1.807) is 12.1 Å². The number of methoxy groups -OCH3 is 1. The number of imidazole rings is 1. The molecule has 0 amide bonds. The number of halogens is 5. The van der Waals surface area contributed by atoms with Crippen LogP contribution in [0.5, 0.6) is 0 Å². The third-order valence-corrected chi connectivity index (χ3v) is 7.65. The van der Waals surface area contributed by atoms with E-state index in [4.69, 9.17) is 28.2 Å². The SMILES string of the molecule is COC(=O)CNCc1ccc(Cn2cc(-c3ccc(Cl)cc3Cl)nc2/C=C/c2ccc(-c3ccc(C(F)(F)F)cc3)cc2)cc1. The molecule has 5 rings (SSSR count). The molecule has 0 bridgehead atoms. The molecule has 0 spiro atoms. The molecular weight excluding hydrogens is 622 g/mol. The van der Waals surface area contributed by atoms with Crippen LogP contribution >= 0.6 is 23.2 Å². The van der Waals surface area contributed by atoms with Crippen molar-refractivity contribution in [1.29, 1.82) is 0 Å². The predicted molar refractivity (Wildman–Crippen MR) is 173 cm³/mol. The van der Waals surface area contributed by atoms with E-state index in [1.165, 1.54) is 19.2 Å². The quantitative estimate of drug-likeness (QED) is 0.153. The van der Waals surface area contributed by atoms with Crippen molar-refractivity contribution < 1.29 is 22.7 Å². The molecule has 5 nitrogen and oxygen atoms in total. The number of carbonyl (C=O) groups excluding carboxylic acids is 1. The Labute approximate surface area is 268 Å². The monoisotopic (exact) mass is 649 g/mol. The fraction of sp³-hybridized carbons (Fsp3) is 0.143.